The summed E-state index contributed by atoms with van der Waals surface area (Å²) in [7, 11) is 0. The number of anilines is 1. The lowest BCUT2D eigenvalue weighted by atomic mass is 9.94. The summed E-state index contributed by atoms with van der Waals surface area (Å²) in [6.07, 6.45) is 2.54. The number of para-hydroxylation sites is 2. The zero-order valence-corrected chi connectivity index (χ0v) is 17.9. The highest BCUT2D eigenvalue weighted by molar-refractivity contribution is 5.79. The largest absolute Gasteiger partial charge is 0.366 e. The van der Waals surface area contributed by atoms with Gasteiger partial charge in [0, 0.05) is 57.8 Å². The molecule has 2 aliphatic heterocycles. The van der Waals surface area contributed by atoms with Gasteiger partial charge in [0.15, 0.2) is 0 Å². The first-order valence-corrected chi connectivity index (χ1v) is 11.2. The first-order valence-electron chi connectivity index (χ1n) is 11.2. The van der Waals surface area contributed by atoms with Crippen LogP contribution in [0.15, 0.2) is 54.6 Å². The van der Waals surface area contributed by atoms with Crippen molar-refractivity contribution >= 4 is 17.3 Å². The average molecular weight is 423 g/mol. The minimum atomic E-state index is -0.330. The van der Waals surface area contributed by atoms with Crippen molar-refractivity contribution in [2.24, 2.45) is 5.92 Å². The van der Waals surface area contributed by atoms with Crippen molar-refractivity contribution in [3.05, 3.63) is 70.3 Å². The third-order valence-corrected chi connectivity index (χ3v) is 6.51. The topological polar surface area (TPSA) is 69.9 Å². The Labute approximate surface area is 183 Å². The van der Waals surface area contributed by atoms with E-state index in [2.05, 4.69) is 29.2 Å². The number of hydrogen-bond donors (Lipinski definition) is 0. The second kappa shape index (κ2) is 9.92. The van der Waals surface area contributed by atoms with Gasteiger partial charge in [0.25, 0.3) is 5.69 Å². The molecule has 0 bridgehead atoms. The number of carbonyl (C=O) groups is 1. The molecule has 2 heterocycles. The Morgan fingerprint density at radius 2 is 1.55 bits per heavy atom. The fourth-order valence-corrected chi connectivity index (χ4v) is 4.64. The molecule has 7 heteroatoms. The predicted molar refractivity (Wildman–Crippen MR) is 121 cm³/mol. The second-order valence-electron chi connectivity index (χ2n) is 8.41. The molecule has 0 unspecified atom stereocenters. The highest BCUT2D eigenvalue weighted by Crippen LogP contribution is 2.31. The Morgan fingerprint density at radius 3 is 2.23 bits per heavy atom. The van der Waals surface area contributed by atoms with Crippen molar-refractivity contribution in [3.63, 3.8) is 0 Å². The Hall–Kier alpha value is -2.93. The molecule has 2 aromatic rings. The van der Waals surface area contributed by atoms with Gasteiger partial charge in [0.2, 0.25) is 5.91 Å². The first kappa shape index (κ1) is 21.3. The van der Waals surface area contributed by atoms with Crippen LogP contribution in [0.2, 0.25) is 0 Å². The van der Waals surface area contributed by atoms with E-state index < -0.39 is 0 Å². The van der Waals surface area contributed by atoms with E-state index in [-0.39, 0.29) is 22.4 Å². The molecular weight excluding hydrogens is 392 g/mol. The van der Waals surface area contributed by atoms with Crippen LogP contribution >= 0.6 is 0 Å². The lowest BCUT2D eigenvalue weighted by Crippen LogP contribution is -2.51. The van der Waals surface area contributed by atoms with Gasteiger partial charge in [0.1, 0.15) is 5.69 Å². The fourth-order valence-electron chi connectivity index (χ4n) is 4.64. The summed E-state index contributed by atoms with van der Waals surface area (Å²) >= 11 is 0. The Kier molecular flexibility index (Phi) is 6.82. The lowest BCUT2D eigenvalue weighted by molar-refractivity contribution is -0.384. The number of piperazine rings is 1. The van der Waals surface area contributed by atoms with Crippen LogP contribution in [0.5, 0.6) is 0 Å². The third-order valence-electron chi connectivity index (χ3n) is 6.51. The molecular formula is C24H30N4O3. The number of amides is 1. The molecule has 0 aliphatic carbocycles. The predicted octanol–water partition coefficient (Wildman–Crippen LogP) is 3.20. The molecule has 31 heavy (non-hydrogen) atoms. The van der Waals surface area contributed by atoms with Gasteiger partial charge >= 0.3 is 0 Å². The van der Waals surface area contributed by atoms with E-state index in [9.17, 15) is 14.9 Å². The van der Waals surface area contributed by atoms with Crippen LogP contribution < -0.4 is 4.90 Å². The summed E-state index contributed by atoms with van der Waals surface area (Å²) in [6.45, 7) is 5.81. The maximum absolute atomic E-state index is 13.0. The summed E-state index contributed by atoms with van der Waals surface area (Å²) in [5, 5.41) is 11.3. The number of piperidine rings is 1. The van der Waals surface area contributed by atoms with Gasteiger partial charge in [-0.3, -0.25) is 19.8 Å². The fraction of sp³-hybridized carbons (Fsp3) is 0.458. The molecule has 0 spiro atoms. The number of benzene rings is 2. The van der Waals surface area contributed by atoms with Crippen LogP contribution in [0.25, 0.3) is 0 Å². The molecule has 2 aromatic carbocycles. The van der Waals surface area contributed by atoms with E-state index >= 15 is 0 Å². The molecule has 164 valence electrons. The molecule has 1 amide bonds. The molecule has 2 fully saturated rings. The quantitative estimate of drug-likeness (QED) is 0.528. The van der Waals surface area contributed by atoms with E-state index in [4.69, 9.17) is 0 Å². The highest BCUT2D eigenvalue weighted by Gasteiger charge is 2.31. The van der Waals surface area contributed by atoms with Gasteiger partial charge in [-0.05, 0) is 30.9 Å². The zero-order chi connectivity index (χ0) is 21.6. The highest BCUT2D eigenvalue weighted by atomic mass is 16.6. The van der Waals surface area contributed by atoms with Gasteiger partial charge < -0.3 is 9.80 Å². The second-order valence-corrected chi connectivity index (χ2v) is 8.41. The minimum Gasteiger partial charge on any atom is -0.366 e. The standard InChI is InChI=1S/C24H30N4O3/c29-24(27-18-16-25(17-19-27)13-10-20-6-2-1-3-7-20)21-11-14-26(15-12-21)22-8-4-5-9-23(22)28(30)31/h1-9,21H,10-19H2. The van der Waals surface area contributed by atoms with Crippen LogP contribution in [0.4, 0.5) is 11.4 Å². The summed E-state index contributed by atoms with van der Waals surface area (Å²) in [4.78, 5) is 30.5. The molecule has 0 aromatic heterocycles. The lowest BCUT2D eigenvalue weighted by Gasteiger charge is -2.39. The molecule has 0 radical (unpaired) electrons. The normalized spacial score (nSPS) is 18.2. The molecule has 0 N–H and O–H groups in total. The van der Waals surface area contributed by atoms with Gasteiger partial charge in [-0.2, -0.15) is 0 Å². The molecule has 4 rings (SSSR count). The SMILES string of the molecule is O=C(C1CCN(c2ccccc2[N+](=O)[O-])CC1)N1CCN(CCc2ccccc2)CC1. The van der Waals surface area contributed by atoms with E-state index in [1.807, 2.05) is 21.9 Å². The van der Waals surface area contributed by atoms with Gasteiger partial charge in [-0.25, -0.2) is 0 Å². The molecule has 7 nitrogen and oxygen atoms in total. The van der Waals surface area contributed by atoms with E-state index in [1.165, 1.54) is 5.56 Å². The van der Waals surface area contributed by atoms with Gasteiger partial charge in [-0.1, -0.05) is 42.5 Å². The number of rotatable bonds is 6. The van der Waals surface area contributed by atoms with Crippen LogP contribution in [0.3, 0.4) is 0 Å². The zero-order valence-electron chi connectivity index (χ0n) is 17.9. The van der Waals surface area contributed by atoms with Gasteiger partial charge in [0.05, 0.1) is 4.92 Å². The van der Waals surface area contributed by atoms with Crippen LogP contribution in [-0.4, -0.2) is 66.4 Å². The Morgan fingerprint density at radius 1 is 0.903 bits per heavy atom. The summed E-state index contributed by atoms with van der Waals surface area (Å²) < 4.78 is 0. The van der Waals surface area contributed by atoms with Crippen molar-refractivity contribution in [1.29, 1.82) is 0 Å². The van der Waals surface area contributed by atoms with Crippen molar-refractivity contribution < 1.29 is 9.72 Å². The summed E-state index contributed by atoms with van der Waals surface area (Å²) in [6, 6.07) is 17.4. The number of nitro groups is 1. The number of nitro benzene ring substituents is 1. The van der Waals surface area contributed by atoms with Crippen LogP contribution in [-0.2, 0) is 11.2 Å². The summed E-state index contributed by atoms with van der Waals surface area (Å²) in [5.41, 5.74) is 2.15. The first-order chi connectivity index (χ1) is 15.1. The summed E-state index contributed by atoms with van der Waals surface area (Å²) in [5.74, 6) is 0.278. The smallest absolute Gasteiger partial charge is 0.292 e. The minimum absolute atomic E-state index is 0.0230. The van der Waals surface area contributed by atoms with Gasteiger partial charge in [-0.15, -0.1) is 0 Å². The van der Waals surface area contributed by atoms with E-state index in [1.54, 1.807) is 18.2 Å². The van der Waals surface area contributed by atoms with E-state index in [0.717, 1.165) is 52.0 Å². The van der Waals surface area contributed by atoms with E-state index in [0.29, 0.717) is 18.8 Å². The Bertz CT molecular complexity index is 889. The van der Waals surface area contributed by atoms with Crippen molar-refractivity contribution in [2.45, 2.75) is 19.3 Å². The third kappa shape index (κ3) is 5.22. The number of nitrogens with zero attached hydrogens (tertiary/aromatic N) is 4. The molecule has 0 atom stereocenters. The van der Waals surface area contributed by atoms with Crippen molar-refractivity contribution in [3.8, 4) is 0 Å². The van der Waals surface area contributed by atoms with Crippen molar-refractivity contribution in [2.75, 3.05) is 50.7 Å². The Balaban J connectivity index is 1.24. The van der Waals surface area contributed by atoms with Crippen LogP contribution in [0.1, 0.15) is 18.4 Å². The average Bonchev–Trinajstić information content (AvgIpc) is 2.83. The molecule has 0 saturated carbocycles. The maximum Gasteiger partial charge on any atom is 0.292 e. The number of hydrogen-bond acceptors (Lipinski definition) is 5. The maximum atomic E-state index is 13.0. The van der Waals surface area contributed by atoms with Crippen LogP contribution in [0, 0.1) is 16.0 Å². The molecule has 2 aliphatic rings. The molecule has 2 saturated heterocycles. The number of carbonyl (C=O) groups excluding carboxylic acids is 1. The van der Waals surface area contributed by atoms with Crippen molar-refractivity contribution in [1.82, 2.24) is 9.80 Å². The monoisotopic (exact) mass is 422 g/mol.